The number of para-hydroxylation sites is 1. The number of ether oxygens (including phenoxy) is 1. The molecular formula is C16H25NO2. The van der Waals surface area contributed by atoms with Gasteiger partial charge in [-0.1, -0.05) is 32.0 Å². The molecule has 106 valence electrons. The van der Waals surface area contributed by atoms with Crippen molar-refractivity contribution in [2.45, 2.75) is 52.6 Å². The zero-order valence-corrected chi connectivity index (χ0v) is 12.4. The fourth-order valence-electron chi connectivity index (χ4n) is 2.06. The maximum atomic E-state index is 12.3. The highest BCUT2D eigenvalue weighted by Gasteiger charge is 2.23. The predicted octanol–water partition coefficient (Wildman–Crippen LogP) is 3.49. The first kappa shape index (κ1) is 15.5. The molecule has 1 amide bonds. The SMILES string of the molecule is CCC(C)N(C(=O)COc1ccccc1)C(C)CC. The molecule has 0 bridgehead atoms. The van der Waals surface area contributed by atoms with E-state index in [9.17, 15) is 4.79 Å². The van der Waals surface area contributed by atoms with E-state index in [0.717, 1.165) is 18.6 Å². The molecule has 0 saturated carbocycles. The molecule has 0 aliphatic rings. The van der Waals surface area contributed by atoms with E-state index in [1.807, 2.05) is 35.2 Å². The van der Waals surface area contributed by atoms with E-state index >= 15 is 0 Å². The number of nitrogens with zero attached hydrogens (tertiary/aromatic N) is 1. The third-order valence-electron chi connectivity index (χ3n) is 3.52. The summed E-state index contributed by atoms with van der Waals surface area (Å²) in [6.07, 6.45) is 1.92. The van der Waals surface area contributed by atoms with Gasteiger partial charge in [-0.15, -0.1) is 0 Å². The van der Waals surface area contributed by atoms with Crippen LogP contribution in [0.15, 0.2) is 30.3 Å². The molecule has 0 spiro atoms. The molecule has 0 heterocycles. The van der Waals surface area contributed by atoms with E-state index in [1.54, 1.807) is 0 Å². The monoisotopic (exact) mass is 263 g/mol. The van der Waals surface area contributed by atoms with Gasteiger partial charge in [-0.05, 0) is 38.8 Å². The van der Waals surface area contributed by atoms with Gasteiger partial charge in [0.2, 0.25) is 0 Å². The van der Waals surface area contributed by atoms with E-state index in [4.69, 9.17) is 4.74 Å². The van der Waals surface area contributed by atoms with Crippen molar-refractivity contribution in [2.24, 2.45) is 0 Å². The first-order chi connectivity index (χ1) is 9.10. The molecule has 3 heteroatoms. The third-order valence-corrected chi connectivity index (χ3v) is 3.52. The molecule has 2 atom stereocenters. The number of amides is 1. The molecule has 3 nitrogen and oxygen atoms in total. The van der Waals surface area contributed by atoms with Gasteiger partial charge in [0, 0.05) is 12.1 Å². The predicted molar refractivity (Wildman–Crippen MR) is 78.3 cm³/mol. The number of hydrogen-bond donors (Lipinski definition) is 0. The van der Waals surface area contributed by atoms with Gasteiger partial charge >= 0.3 is 0 Å². The van der Waals surface area contributed by atoms with Crippen LogP contribution in [0.3, 0.4) is 0 Å². The van der Waals surface area contributed by atoms with E-state index < -0.39 is 0 Å². The normalized spacial score (nSPS) is 13.7. The van der Waals surface area contributed by atoms with Crippen LogP contribution in [-0.2, 0) is 4.79 Å². The minimum absolute atomic E-state index is 0.0625. The quantitative estimate of drug-likeness (QED) is 0.753. The fourth-order valence-corrected chi connectivity index (χ4v) is 2.06. The number of carbonyl (C=O) groups is 1. The fraction of sp³-hybridized carbons (Fsp3) is 0.562. The van der Waals surface area contributed by atoms with Gasteiger partial charge < -0.3 is 9.64 Å². The Morgan fingerprint density at radius 1 is 1.11 bits per heavy atom. The van der Waals surface area contributed by atoms with E-state index in [-0.39, 0.29) is 24.6 Å². The van der Waals surface area contributed by atoms with Crippen LogP contribution >= 0.6 is 0 Å². The molecule has 0 fully saturated rings. The van der Waals surface area contributed by atoms with Crippen molar-refractivity contribution in [1.82, 2.24) is 4.90 Å². The van der Waals surface area contributed by atoms with Crippen LogP contribution in [-0.4, -0.2) is 29.5 Å². The lowest BCUT2D eigenvalue weighted by Crippen LogP contribution is -2.46. The van der Waals surface area contributed by atoms with Crippen LogP contribution in [0.25, 0.3) is 0 Å². The Hall–Kier alpha value is -1.51. The Kier molecular flexibility index (Phi) is 6.40. The van der Waals surface area contributed by atoms with Crippen LogP contribution in [0, 0.1) is 0 Å². The van der Waals surface area contributed by atoms with Crippen molar-refractivity contribution in [3.05, 3.63) is 30.3 Å². The topological polar surface area (TPSA) is 29.5 Å². The van der Waals surface area contributed by atoms with E-state index in [0.29, 0.717) is 0 Å². The Bertz CT molecular complexity index is 368. The minimum atomic E-state index is 0.0625. The van der Waals surface area contributed by atoms with Crippen molar-refractivity contribution in [3.63, 3.8) is 0 Å². The van der Waals surface area contributed by atoms with E-state index in [1.165, 1.54) is 0 Å². The Labute approximate surface area is 116 Å². The highest BCUT2D eigenvalue weighted by Crippen LogP contribution is 2.14. The summed E-state index contributed by atoms with van der Waals surface area (Å²) in [6.45, 7) is 8.49. The summed E-state index contributed by atoms with van der Waals surface area (Å²) in [5.74, 6) is 0.802. The molecule has 0 aromatic heterocycles. The minimum Gasteiger partial charge on any atom is -0.484 e. The molecule has 1 aromatic carbocycles. The molecule has 0 aliphatic carbocycles. The molecular weight excluding hydrogens is 238 g/mol. The van der Waals surface area contributed by atoms with Crippen molar-refractivity contribution < 1.29 is 9.53 Å². The summed E-state index contributed by atoms with van der Waals surface area (Å²) >= 11 is 0. The summed E-state index contributed by atoms with van der Waals surface area (Å²) in [6, 6.07) is 9.97. The molecule has 1 rings (SSSR count). The van der Waals surface area contributed by atoms with Crippen molar-refractivity contribution in [2.75, 3.05) is 6.61 Å². The lowest BCUT2D eigenvalue weighted by molar-refractivity contribution is -0.137. The molecule has 2 unspecified atom stereocenters. The maximum Gasteiger partial charge on any atom is 0.260 e. The summed E-state index contributed by atoms with van der Waals surface area (Å²) in [5, 5.41) is 0. The Morgan fingerprint density at radius 3 is 2.11 bits per heavy atom. The Morgan fingerprint density at radius 2 is 1.63 bits per heavy atom. The van der Waals surface area contributed by atoms with Crippen LogP contribution in [0.1, 0.15) is 40.5 Å². The largest absolute Gasteiger partial charge is 0.484 e. The number of hydrogen-bond acceptors (Lipinski definition) is 2. The molecule has 0 radical (unpaired) electrons. The Balaban J connectivity index is 2.62. The lowest BCUT2D eigenvalue weighted by atomic mass is 10.1. The third kappa shape index (κ3) is 4.58. The van der Waals surface area contributed by atoms with Gasteiger partial charge in [0.25, 0.3) is 5.91 Å². The van der Waals surface area contributed by atoms with Crippen molar-refractivity contribution in [3.8, 4) is 5.75 Å². The van der Waals surface area contributed by atoms with Gasteiger partial charge in [-0.2, -0.15) is 0 Å². The van der Waals surface area contributed by atoms with Gasteiger partial charge in [0.15, 0.2) is 6.61 Å². The zero-order chi connectivity index (χ0) is 14.3. The maximum absolute atomic E-state index is 12.3. The summed E-state index contributed by atoms with van der Waals surface area (Å²) in [5.41, 5.74) is 0. The van der Waals surface area contributed by atoms with Crippen LogP contribution in [0.2, 0.25) is 0 Å². The van der Waals surface area contributed by atoms with Gasteiger partial charge in [-0.3, -0.25) is 4.79 Å². The number of carbonyl (C=O) groups excluding carboxylic acids is 1. The molecule has 0 aliphatic heterocycles. The lowest BCUT2D eigenvalue weighted by Gasteiger charge is -2.33. The average molecular weight is 263 g/mol. The molecule has 0 N–H and O–H groups in total. The van der Waals surface area contributed by atoms with Crippen LogP contribution in [0.4, 0.5) is 0 Å². The van der Waals surface area contributed by atoms with Gasteiger partial charge in [0.1, 0.15) is 5.75 Å². The second-order valence-electron chi connectivity index (χ2n) is 4.92. The molecule has 19 heavy (non-hydrogen) atoms. The second-order valence-corrected chi connectivity index (χ2v) is 4.92. The zero-order valence-electron chi connectivity index (χ0n) is 12.4. The van der Waals surface area contributed by atoms with Gasteiger partial charge in [-0.25, -0.2) is 0 Å². The first-order valence-corrected chi connectivity index (χ1v) is 7.09. The first-order valence-electron chi connectivity index (χ1n) is 7.09. The van der Waals surface area contributed by atoms with Crippen LogP contribution < -0.4 is 4.74 Å². The summed E-state index contributed by atoms with van der Waals surface area (Å²) in [7, 11) is 0. The van der Waals surface area contributed by atoms with Crippen LogP contribution in [0.5, 0.6) is 5.75 Å². The summed E-state index contributed by atoms with van der Waals surface area (Å²) in [4.78, 5) is 14.3. The smallest absolute Gasteiger partial charge is 0.260 e. The molecule has 0 saturated heterocycles. The molecule has 1 aromatic rings. The van der Waals surface area contributed by atoms with Crippen molar-refractivity contribution in [1.29, 1.82) is 0 Å². The highest BCUT2D eigenvalue weighted by atomic mass is 16.5. The number of rotatable bonds is 7. The van der Waals surface area contributed by atoms with Crippen molar-refractivity contribution >= 4 is 5.91 Å². The van der Waals surface area contributed by atoms with E-state index in [2.05, 4.69) is 27.7 Å². The highest BCUT2D eigenvalue weighted by molar-refractivity contribution is 5.78. The average Bonchev–Trinajstić information content (AvgIpc) is 2.45. The standard InChI is InChI=1S/C16H25NO2/c1-5-13(3)17(14(4)6-2)16(18)12-19-15-10-8-7-9-11-15/h7-11,13-14H,5-6,12H2,1-4H3. The summed E-state index contributed by atoms with van der Waals surface area (Å²) < 4.78 is 5.55. The number of benzene rings is 1. The van der Waals surface area contributed by atoms with Gasteiger partial charge in [0.05, 0.1) is 0 Å². The second kappa shape index (κ2) is 7.82.